The fourth-order valence-electron chi connectivity index (χ4n) is 3.62. The van der Waals surface area contributed by atoms with Gasteiger partial charge in [0, 0.05) is 34.9 Å². The normalized spacial score (nSPS) is 11.6. The number of nitrogens with one attached hydrogen (secondary N) is 2. The lowest BCUT2D eigenvalue weighted by atomic mass is 10.1. The molecule has 6 nitrogen and oxygen atoms in total. The maximum atomic E-state index is 12.9. The van der Waals surface area contributed by atoms with E-state index in [2.05, 4.69) is 15.6 Å². The van der Waals surface area contributed by atoms with Gasteiger partial charge in [0.25, 0.3) is 11.8 Å². The standard InChI is InChI=1S/C27H26N4O2/c1-18-9-10-23(17-25(18)30-26(32)22-7-5-4-6-8-22)27(33)29-19(2)21-11-13-24(14-12-21)31-16-15-28-20(31)3/h4-17,19H,1-3H3,(H,29,33)(H,30,32). The molecule has 0 saturated heterocycles. The summed E-state index contributed by atoms with van der Waals surface area (Å²) in [5, 5.41) is 5.94. The summed E-state index contributed by atoms with van der Waals surface area (Å²) in [7, 11) is 0. The summed E-state index contributed by atoms with van der Waals surface area (Å²) >= 11 is 0. The van der Waals surface area contributed by atoms with Gasteiger partial charge in [0.1, 0.15) is 5.82 Å². The van der Waals surface area contributed by atoms with Crippen LogP contribution in [0.2, 0.25) is 0 Å². The number of aromatic nitrogens is 2. The monoisotopic (exact) mass is 438 g/mol. The van der Waals surface area contributed by atoms with Crippen LogP contribution in [0.1, 0.15) is 50.6 Å². The van der Waals surface area contributed by atoms with E-state index in [4.69, 9.17) is 0 Å². The van der Waals surface area contributed by atoms with E-state index in [0.29, 0.717) is 16.8 Å². The van der Waals surface area contributed by atoms with Gasteiger partial charge in [0.2, 0.25) is 0 Å². The lowest BCUT2D eigenvalue weighted by Gasteiger charge is -2.16. The average molecular weight is 439 g/mol. The number of carbonyl (C=O) groups is 2. The Morgan fingerprint density at radius 3 is 2.27 bits per heavy atom. The van der Waals surface area contributed by atoms with Crippen molar-refractivity contribution in [1.82, 2.24) is 14.9 Å². The highest BCUT2D eigenvalue weighted by Gasteiger charge is 2.14. The zero-order chi connectivity index (χ0) is 23.4. The SMILES string of the molecule is Cc1ccc(C(=O)NC(C)c2ccc(-n3ccnc3C)cc2)cc1NC(=O)c1ccccc1. The summed E-state index contributed by atoms with van der Waals surface area (Å²) in [6.07, 6.45) is 3.69. The first-order valence-electron chi connectivity index (χ1n) is 10.8. The lowest BCUT2D eigenvalue weighted by Crippen LogP contribution is -2.27. The molecule has 6 heteroatoms. The summed E-state index contributed by atoms with van der Waals surface area (Å²) in [6, 6.07) is 22.1. The molecular weight excluding hydrogens is 412 g/mol. The highest BCUT2D eigenvalue weighted by Crippen LogP contribution is 2.20. The number of hydrogen-bond donors (Lipinski definition) is 2. The number of anilines is 1. The Hall–Kier alpha value is -4.19. The molecule has 1 atom stereocenters. The van der Waals surface area contributed by atoms with E-state index in [9.17, 15) is 9.59 Å². The molecule has 0 aliphatic rings. The van der Waals surface area contributed by atoms with E-state index in [1.807, 2.05) is 80.1 Å². The molecular formula is C27H26N4O2. The van der Waals surface area contributed by atoms with Crippen LogP contribution in [0.5, 0.6) is 0 Å². The topological polar surface area (TPSA) is 76.0 Å². The summed E-state index contributed by atoms with van der Waals surface area (Å²) in [5.74, 6) is 0.503. The zero-order valence-electron chi connectivity index (χ0n) is 18.9. The van der Waals surface area contributed by atoms with Gasteiger partial charge in [0.15, 0.2) is 0 Å². The number of carbonyl (C=O) groups excluding carboxylic acids is 2. The van der Waals surface area contributed by atoms with Gasteiger partial charge in [-0.25, -0.2) is 4.98 Å². The van der Waals surface area contributed by atoms with Crippen LogP contribution in [0.4, 0.5) is 5.69 Å². The number of rotatable bonds is 6. The minimum atomic E-state index is -0.210. The maximum Gasteiger partial charge on any atom is 0.255 e. The second kappa shape index (κ2) is 9.53. The molecule has 1 aromatic heterocycles. The van der Waals surface area contributed by atoms with Crippen molar-refractivity contribution >= 4 is 17.5 Å². The Balaban J connectivity index is 1.45. The van der Waals surface area contributed by atoms with Crippen LogP contribution in [-0.4, -0.2) is 21.4 Å². The van der Waals surface area contributed by atoms with Crippen molar-refractivity contribution in [3.63, 3.8) is 0 Å². The molecule has 1 unspecified atom stereocenters. The minimum absolute atomic E-state index is 0.181. The van der Waals surface area contributed by atoms with Gasteiger partial charge in [-0.1, -0.05) is 36.4 Å². The van der Waals surface area contributed by atoms with Crippen LogP contribution >= 0.6 is 0 Å². The van der Waals surface area contributed by atoms with E-state index in [1.165, 1.54) is 0 Å². The quantitative estimate of drug-likeness (QED) is 0.433. The van der Waals surface area contributed by atoms with Crippen molar-refractivity contribution < 1.29 is 9.59 Å². The molecule has 0 spiro atoms. The van der Waals surface area contributed by atoms with Crippen molar-refractivity contribution in [3.05, 3.63) is 113 Å². The molecule has 2 amide bonds. The molecule has 2 N–H and O–H groups in total. The lowest BCUT2D eigenvalue weighted by molar-refractivity contribution is 0.0938. The van der Waals surface area contributed by atoms with Gasteiger partial charge in [-0.2, -0.15) is 0 Å². The van der Waals surface area contributed by atoms with Crippen molar-refractivity contribution in [2.24, 2.45) is 0 Å². The Bertz CT molecular complexity index is 1280. The summed E-state index contributed by atoms with van der Waals surface area (Å²) in [4.78, 5) is 29.7. The molecule has 0 aliphatic heterocycles. The van der Waals surface area contributed by atoms with Crippen molar-refractivity contribution in [3.8, 4) is 5.69 Å². The number of amides is 2. The van der Waals surface area contributed by atoms with Gasteiger partial charge < -0.3 is 15.2 Å². The predicted molar refractivity (Wildman–Crippen MR) is 130 cm³/mol. The van der Waals surface area contributed by atoms with Crippen molar-refractivity contribution in [1.29, 1.82) is 0 Å². The van der Waals surface area contributed by atoms with E-state index in [1.54, 1.807) is 30.5 Å². The van der Waals surface area contributed by atoms with Crippen LogP contribution < -0.4 is 10.6 Å². The van der Waals surface area contributed by atoms with E-state index in [0.717, 1.165) is 22.6 Å². The Morgan fingerprint density at radius 1 is 0.879 bits per heavy atom. The van der Waals surface area contributed by atoms with E-state index >= 15 is 0 Å². The minimum Gasteiger partial charge on any atom is -0.346 e. The summed E-state index contributed by atoms with van der Waals surface area (Å²) < 4.78 is 2.00. The van der Waals surface area contributed by atoms with Gasteiger partial charge in [-0.05, 0) is 68.3 Å². The first kappa shape index (κ1) is 22.0. The van der Waals surface area contributed by atoms with Gasteiger partial charge >= 0.3 is 0 Å². The van der Waals surface area contributed by atoms with Crippen LogP contribution in [0.15, 0.2) is 85.2 Å². The Morgan fingerprint density at radius 2 is 1.61 bits per heavy atom. The number of nitrogens with zero attached hydrogens (tertiary/aromatic N) is 2. The van der Waals surface area contributed by atoms with Crippen LogP contribution in [0.3, 0.4) is 0 Å². The third kappa shape index (κ3) is 5.01. The van der Waals surface area contributed by atoms with Crippen LogP contribution in [-0.2, 0) is 0 Å². The van der Waals surface area contributed by atoms with Gasteiger partial charge in [-0.15, -0.1) is 0 Å². The number of imidazole rings is 1. The number of benzene rings is 3. The predicted octanol–water partition coefficient (Wildman–Crippen LogP) is 5.23. The molecule has 0 saturated carbocycles. The van der Waals surface area contributed by atoms with Crippen LogP contribution in [0.25, 0.3) is 5.69 Å². The molecule has 166 valence electrons. The molecule has 0 bridgehead atoms. The smallest absolute Gasteiger partial charge is 0.255 e. The first-order chi connectivity index (χ1) is 15.9. The van der Waals surface area contributed by atoms with Crippen molar-refractivity contribution in [2.45, 2.75) is 26.8 Å². The highest BCUT2D eigenvalue weighted by atomic mass is 16.2. The Kier molecular flexibility index (Phi) is 6.36. The molecule has 1 heterocycles. The van der Waals surface area contributed by atoms with Crippen molar-refractivity contribution in [2.75, 3.05) is 5.32 Å². The average Bonchev–Trinajstić information content (AvgIpc) is 3.26. The number of aryl methyl sites for hydroxylation is 2. The van der Waals surface area contributed by atoms with Crippen LogP contribution in [0, 0.1) is 13.8 Å². The van der Waals surface area contributed by atoms with E-state index in [-0.39, 0.29) is 17.9 Å². The molecule has 33 heavy (non-hydrogen) atoms. The first-order valence-corrected chi connectivity index (χ1v) is 10.8. The fraction of sp³-hybridized carbons (Fsp3) is 0.148. The largest absolute Gasteiger partial charge is 0.346 e. The number of hydrogen-bond acceptors (Lipinski definition) is 3. The zero-order valence-corrected chi connectivity index (χ0v) is 18.9. The van der Waals surface area contributed by atoms with Gasteiger partial charge in [-0.3, -0.25) is 9.59 Å². The molecule has 3 aromatic carbocycles. The Labute approximate surface area is 193 Å². The molecule has 0 radical (unpaired) electrons. The molecule has 0 aliphatic carbocycles. The summed E-state index contributed by atoms with van der Waals surface area (Å²) in [6.45, 7) is 5.80. The third-order valence-electron chi connectivity index (χ3n) is 5.63. The third-order valence-corrected chi connectivity index (χ3v) is 5.63. The molecule has 4 aromatic rings. The highest BCUT2D eigenvalue weighted by molar-refractivity contribution is 6.05. The van der Waals surface area contributed by atoms with E-state index < -0.39 is 0 Å². The molecule has 4 rings (SSSR count). The second-order valence-electron chi connectivity index (χ2n) is 7.98. The summed E-state index contributed by atoms with van der Waals surface area (Å²) in [5.41, 5.74) is 4.56. The maximum absolute atomic E-state index is 12.9. The second-order valence-corrected chi connectivity index (χ2v) is 7.98. The fourth-order valence-corrected chi connectivity index (χ4v) is 3.62. The van der Waals surface area contributed by atoms with Gasteiger partial charge in [0.05, 0.1) is 6.04 Å². The molecule has 0 fully saturated rings.